The first kappa shape index (κ1) is 17.2. The zero-order valence-electron chi connectivity index (χ0n) is 13.7. The van der Waals surface area contributed by atoms with Gasteiger partial charge in [-0.3, -0.25) is 9.59 Å². The second-order valence-electron chi connectivity index (χ2n) is 6.02. The summed E-state index contributed by atoms with van der Waals surface area (Å²) in [5, 5.41) is 6.27. The van der Waals surface area contributed by atoms with Crippen LogP contribution in [0, 0.1) is 5.92 Å². The lowest BCUT2D eigenvalue weighted by Crippen LogP contribution is -2.19. The van der Waals surface area contributed by atoms with Gasteiger partial charge in [-0.2, -0.15) is 0 Å². The Labute approximate surface area is 151 Å². The van der Waals surface area contributed by atoms with E-state index in [1.807, 2.05) is 0 Å². The predicted molar refractivity (Wildman–Crippen MR) is 101 cm³/mol. The van der Waals surface area contributed by atoms with Gasteiger partial charge in [-0.1, -0.05) is 35.9 Å². The van der Waals surface area contributed by atoms with Gasteiger partial charge >= 0.3 is 0 Å². The Morgan fingerprint density at radius 1 is 1.04 bits per heavy atom. The van der Waals surface area contributed by atoms with Crippen LogP contribution in [0.25, 0.3) is 0 Å². The molecule has 25 heavy (non-hydrogen) atoms. The van der Waals surface area contributed by atoms with Crippen molar-refractivity contribution in [2.45, 2.75) is 19.3 Å². The van der Waals surface area contributed by atoms with Gasteiger partial charge in [0, 0.05) is 17.1 Å². The quantitative estimate of drug-likeness (QED) is 0.751. The first-order valence-electron chi connectivity index (χ1n) is 8.24. The Morgan fingerprint density at radius 2 is 1.80 bits per heavy atom. The van der Waals surface area contributed by atoms with Crippen molar-refractivity contribution in [2.75, 3.05) is 10.6 Å². The number of nitrogens with one attached hydrogen (secondary N) is 2. The summed E-state index contributed by atoms with van der Waals surface area (Å²) in [6, 6.07) is 13.9. The molecule has 0 fully saturated rings. The lowest BCUT2D eigenvalue weighted by Gasteiger charge is -2.13. The molecule has 2 aromatic rings. The van der Waals surface area contributed by atoms with E-state index in [1.54, 1.807) is 48.5 Å². The van der Waals surface area contributed by atoms with Crippen molar-refractivity contribution in [1.29, 1.82) is 0 Å². The number of hydrogen-bond donors (Lipinski definition) is 2. The van der Waals surface area contributed by atoms with E-state index in [1.165, 1.54) is 0 Å². The van der Waals surface area contributed by atoms with Crippen molar-refractivity contribution in [3.63, 3.8) is 0 Å². The number of carbonyl (C=O) groups excluding carboxylic acids is 2. The van der Waals surface area contributed by atoms with Gasteiger partial charge in [0.1, 0.15) is 0 Å². The third kappa shape index (κ3) is 4.70. The highest BCUT2D eigenvalue weighted by Gasteiger charge is 2.17. The molecule has 2 aromatic carbocycles. The van der Waals surface area contributed by atoms with Crippen molar-refractivity contribution >= 4 is 34.8 Å². The molecule has 128 valence electrons. The van der Waals surface area contributed by atoms with Gasteiger partial charge in [0.2, 0.25) is 5.91 Å². The van der Waals surface area contributed by atoms with Gasteiger partial charge in [0.15, 0.2) is 0 Å². The van der Waals surface area contributed by atoms with E-state index in [9.17, 15) is 9.59 Å². The zero-order valence-corrected chi connectivity index (χ0v) is 14.4. The van der Waals surface area contributed by atoms with Gasteiger partial charge < -0.3 is 10.6 Å². The maximum Gasteiger partial charge on any atom is 0.257 e. The van der Waals surface area contributed by atoms with Crippen LogP contribution in [0.5, 0.6) is 0 Å². The van der Waals surface area contributed by atoms with Crippen LogP contribution in [-0.4, -0.2) is 11.8 Å². The molecule has 0 heterocycles. The maximum absolute atomic E-state index is 12.5. The van der Waals surface area contributed by atoms with E-state index < -0.39 is 0 Å². The zero-order chi connectivity index (χ0) is 17.6. The van der Waals surface area contributed by atoms with E-state index in [0.717, 1.165) is 12.8 Å². The largest absolute Gasteiger partial charge is 0.325 e. The molecule has 1 aliphatic carbocycles. The molecule has 1 aliphatic rings. The number of hydrogen-bond acceptors (Lipinski definition) is 2. The number of benzene rings is 2. The molecule has 0 aromatic heterocycles. The van der Waals surface area contributed by atoms with E-state index in [-0.39, 0.29) is 17.7 Å². The number of amides is 2. The topological polar surface area (TPSA) is 58.2 Å². The molecular weight excluding hydrogens is 336 g/mol. The lowest BCUT2D eigenvalue weighted by molar-refractivity contribution is -0.116. The normalized spacial score (nSPS) is 15.8. The molecule has 3 rings (SSSR count). The second kappa shape index (κ2) is 7.99. The lowest BCUT2D eigenvalue weighted by atomic mass is 10.0. The van der Waals surface area contributed by atoms with E-state index in [4.69, 9.17) is 11.6 Å². The molecular formula is C20H19ClN2O2. The SMILES string of the molecule is O=C(CC1C=CCC1)Nc1ccccc1C(=O)Nc1ccc(Cl)cc1. The molecule has 1 unspecified atom stereocenters. The van der Waals surface area contributed by atoms with Crippen molar-refractivity contribution < 1.29 is 9.59 Å². The molecule has 0 bridgehead atoms. The highest BCUT2D eigenvalue weighted by Crippen LogP contribution is 2.23. The first-order chi connectivity index (χ1) is 12.1. The third-order valence-electron chi connectivity index (χ3n) is 4.11. The monoisotopic (exact) mass is 354 g/mol. The number of halogens is 1. The Hall–Kier alpha value is -2.59. The van der Waals surface area contributed by atoms with Gasteiger partial charge in [0.25, 0.3) is 5.91 Å². The number of carbonyl (C=O) groups is 2. The van der Waals surface area contributed by atoms with Gasteiger partial charge in [-0.15, -0.1) is 0 Å². The van der Waals surface area contributed by atoms with Crippen molar-refractivity contribution in [2.24, 2.45) is 5.92 Å². The summed E-state index contributed by atoms with van der Waals surface area (Å²) in [5.74, 6) is -0.0719. The third-order valence-corrected chi connectivity index (χ3v) is 4.36. The average Bonchev–Trinajstić information content (AvgIpc) is 3.10. The molecule has 2 N–H and O–H groups in total. The molecule has 0 spiro atoms. The minimum absolute atomic E-state index is 0.0803. The fraction of sp³-hybridized carbons (Fsp3) is 0.200. The summed E-state index contributed by atoms with van der Waals surface area (Å²) in [4.78, 5) is 24.8. The Bertz CT molecular complexity index is 800. The number of para-hydroxylation sites is 1. The van der Waals surface area contributed by atoms with Crippen LogP contribution in [-0.2, 0) is 4.79 Å². The summed E-state index contributed by atoms with van der Waals surface area (Å²) in [7, 11) is 0. The van der Waals surface area contributed by atoms with Crippen LogP contribution in [0.2, 0.25) is 5.02 Å². The van der Waals surface area contributed by atoms with Crippen molar-refractivity contribution in [3.8, 4) is 0 Å². The molecule has 1 atom stereocenters. The average molecular weight is 355 g/mol. The minimum Gasteiger partial charge on any atom is -0.325 e. The van der Waals surface area contributed by atoms with E-state index >= 15 is 0 Å². The fourth-order valence-corrected chi connectivity index (χ4v) is 2.95. The number of allylic oxidation sites excluding steroid dienone is 2. The van der Waals surface area contributed by atoms with Crippen LogP contribution in [0.4, 0.5) is 11.4 Å². The highest BCUT2D eigenvalue weighted by molar-refractivity contribution is 6.30. The first-order valence-corrected chi connectivity index (χ1v) is 8.62. The smallest absolute Gasteiger partial charge is 0.257 e. The number of rotatable bonds is 5. The Morgan fingerprint density at radius 3 is 2.52 bits per heavy atom. The van der Waals surface area contributed by atoms with Crippen LogP contribution in [0.3, 0.4) is 0 Å². The highest BCUT2D eigenvalue weighted by atomic mass is 35.5. The number of anilines is 2. The van der Waals surface area contributed by atoms with Gasteiger partial charge in [-0.05, 0) is 55.2 Å². The van der Waals surface area contributed by atoms with Crippen LogP contribution in [0.1, 0.15) is 29.6 Å². The van der Waals surface area contributed by atoms with Crippen LogP contribution in [0.15, 0.2) is 60.7 Å². The van der Waals surface area contributed by atoms with Crippen LogP contribution >= 0.6 is 11.6 Å². The summed E-state index contributed by atoms with van der Waals surface area (Å²) in [6.07, 6.45) is 6.65. The summed E-state index contributed by atoms with van der Waals surface area (Å²) in [5.41, 5.74) is 1.58. The molecule has 2 amide bonds. The van der Waals surface area contributed by atoms with Gasteiger partial charge in [0.05, 0.1) is 11.3 Å². The standard InChI is InChI=1S/C20H19ClN2O2/c21-15-9-11-16(12-10-15)22-20(25)17-7-3-4-8-18(17)23-19(24)13-14-5-1-2-6-14/h1,3-5,7-12,14H,2,6,13H2,(H,22,25)(H,23,24). The summed E-state index contributed by atoms with van der Waals surface area (Å²) >= 11 is 5.85. The Kier molecular flexibility index (Phi) is 5.51. The molecule has 5 heteroatoms. The predicted octanol–water partition coefficient (Wildman–Crippen LogP) is 4.89. The molecule has 0 saturated carbocycles. The Balaban J connectivity index is 1.69. The fourth-order valence-electron chi connectivity index (χ4n) is 2.83. The summed E-state index contributed by atoms with van der Waals surface area (Å²) in [6.45, 7) is 0. The molecule has 0 radical (unpaired) electrons. The van der Waals surface area contributed by atoms with Crippen molar-refractivity contribution in [1.82, 2.24) is 0 Å². The van der Waals surface area contributed by atoms with Crippen LogP contribution < -0.4 is 10.6 Å². The molecule has 0 aliphatic heterocycles. The minimum atomic E-state index is -0.279. The van der Waals surface area contributed by atoms with Crippen molar-refractivity contribution in [3.05, 3.63) is 71.3 Å². The van der Waals surface area contributed by atoms with E-state index in [0.29, 0.717) is 28.4 Å². The second-order valence-corrected chi connectivity index (χ2v) is 6.46. The van der Waals surface area contributed by atoms with E-state index in [2.05, 4.69) is 22.8 Å². The summed E-state index contributed by atoms with van der Waals surface area (Å²) < 4.78 is 0. The molecule has 4 nitrogen and oxygen atoms in total. The van der Waals surface area contributed by atoms with Gasteiger partial charge in [-0.25, -0.2) is 0 Å². The maximum atomic E-state index is 12.5. The molecule has 0 saturated heterocycles.